The molecule has 0 N–H and O–H groups in total. The predicted molar refractivity (Wildman–Crippen MR) is 102 cm³/mol. The Kier molecular flexibility index (Phi) is 6.52. The van der Waals surface area contributed by atoms with Gasteiger partial charge in [0.2, 0.25) is 0 Å². The number of carbonyl (C=O) groups excluding carboxylic acids is 1. The van der Waals surface area contributed by atoms with Crippen molar-refractivity contribution in [2.75, 3.05) is 0 Å². The maximum Gasteiger partial charge on any atom is 0.310 e. The predicted octanol–water partition coefficient (Wildman–Crippen LogP) is 5.93. The lowest BCUT2D eigenvalue weighted by molar-refractivity contribution is -0.147. The third-order valence-corrected chi connectivity index (χ3v) is 5.02. The van der Waals surface area contributed by atoms with E-state index in [9.17, 15) is 4.79 Å². The van der Waals surface area contributed by atoms with Gasteiger partial charge in [0.25, 0.3) is 0 Å². The van der Waals surface area contributed by atoms with Crippen LogP contribution in [0.5, 0.6) is 0 Å². The third-order valence-electron chi connectivity index (χ3n) is 4.32. The minimum Gasteiger partial charge on any atom is -0.461 e. The fourth-order valence-electron chi connectivity index (χ4n) is 2.77. The molecule has 124 valence electrons. The lowest BCUT2D eigenvalue weighted by Gasteiger charge is -2.06. The Balaban J connectivity index is 1.89. The van der Waals surface area contributed by atoms with Gasteiger partial charge in [-0.2, -0.15) is 0 Å². The van der Waals surface area contributed by atoms with E-state index in [1.165, 1.54) is 11.1 Å². The van der Waals surface area contributed by atoms with Crippen LogP contribution in [0.4, 0.5) is 0 Å². The first kappa shape index (κ1) is 18.8. The van der Waals surface area contributed by atoms with E-state index in [1.807, 2.05) is 36.4 Å². The molecule has 1 saturated carbocycles. The molecular weight excluding hydrogens is 443 g/mol. The van der Waals surface area contributed by atoms with Gasteiger partial charge in [0.1, 0.15) is 6.61 Å². The number of carbonyl (C=O) groups is 1. The van der Waals surface area contributed by atoms with E-state index >= 15 is 0 Å². The lowest BCUT2D eigenvalue weighted by Crippen LogP contribution is -2.10. The van der Waals surface area contributed by atoms with Crippen molar-refractivity contribution in [1.82, 2.24) is 0 Å². The maximum absolute atomic E-state index is 12.3. The van der Waals surface area contributed by atoms with Crippen molar-refractivity contribution in [2.45, 2.75) is 26.9 Å². The number of benzene rings is 1. The van der Waals surface area contributed by atoms with Crippen LogP contribution in [0.25, 0.3) is 0 Å². The fraction of sp³-hybridized carbons (Fsp3) is 0.389. The summed E-state index contributed by atoms with van der Waals surface area (Å²) < 4.78 is 6.36. The highest BCUT2D eigenvalue weighted by molar-refractivity contribution is 9.28. The topological polar surface area (TPSA) is 26.3 Å². The van der Waals surface area contributed by atoms with Crippen molar-refractivity contribution < 1.29 is 9.53 Å². The van der Waals surface area contributed by atoms with Crippen molar-refractivity contribution in [3.8, 4) is 0 Å². The number of rotatable bonds is 6. The zero-order valence-electron chi connectivity index (χ0n) is 13.1. The van der Waals surface area contributed by atoms with Crippen LogP contribution in [-0.2, 0) is 22.6 Å². The van der Waals surface area contributed by atoms with E-state index in [1.54, 1.807) is 0 Å². The number of hydrogen-bond acceptors (Lipinski definition) is 2. The first-order valence-corrected chi connectivity index (χ1v) is 9.41. The van der Waals surface area contributed by atoms with Gasteiger partial charge in [-0.1, -0.05) is 61.9 Å². The van der Waals surface area contributed by atoms with Gasteiger partial charge >= 0.3 is 5.97 Å². The first-order valence-electron chi connectivity index (χ1n) is 7.38. The van der Waals surface area contributed by atoms with Crippen LogP contribution in [-0.4, -0.2) is 5.97 Å². The number of allylic oxidation sites excluding steroid dienone is 2. The summed E-state index contributed by atoms with van der Waals surface area (Å²) in [6.07, 6.45) is 4.71. The van der Waals surface area contributed by atoms with Gasteiger partial charge in [-0.15, -0.1) is 0 Å². The molecule has 2 atom stereocenters. The number of halogens is 3. The standard InChI is InChI=1S/C18H19Br2ClO2/c1-18(2)14(10-15(19)20)16(18)17(22)23-11-13-7-5-12(6-8-13)4-3-9-21/h3,5-10,14,16H,4,11H2,1-2H3/t14?,16-/m0/s1. The van der Waals surface area contributed by atoms with Crippen LogP contribution in [0.3, 0.4) is 0 Å². The first-order chi connectivity index (χ1) is 10.9. The number of ether oxygens (including phenoxy) is 1. The molecule has 0 amide bonds. The SMILES string of the molecule is CC1(C)C(C=C(Br)Br)[C@H]1C(=O)OCc1ccc(CC=CCl)cc1. The highest BCUT2D eigenvalue weighted by Gasteiger charge is 2.61. The maximum atomic E-state index is 12.3. The van der Waals surface area contributed by atoms with Crippen molar-refractivity contribution in [3.63, 3.8) is 0 Å². The molecule has 1 aliphatic carbocycles. The molecule has 23 heavy (non-hydrogen) atoms. The van der Waals surface area contributed by atoms with Gasteiger partial charge in [-0.3, -0.25) is 4.79 Å². The fourth-order valence-corrected chi connectivity index (χ4v) is 3.43. The minimum atomic E-state index is -0.133. The molecule has 1 fully saturated rings. The molecular formula is C18H19Br2ClO2. The largest absolute Gasteiger partial charge is 0.461 e. The number of esters is 1. The molecule has 1 aliphatic rings. The second-order valence-electron chi connectivity index (χ2n) is 6.27. The van der Waals surface area contributed by atoms with Crippen molar-refractivity contribution in [2.24, 2.45) is 17.3 Å². The monoisotopic (exact) mass is 460 g/mol. The van der Waals surface area contributed by atoms with Crippen LogP contribution >= 0.6 is 43.5 Å². The molecule has 5 heteroatoms. The highest BCUT2D eigenvalue weighted by atomic mass is 79.9. The molecule has 0 bridgehead atoms. The molecule has 1 aromatic rings. The summed E-state index contributed by atoms with van der Waals surface area (Å²) in [6, 6.07) is 8.01. The summed E-state index contributed by atoms with van der Waals surface area (Å²) in [7, 11) is 0. The molecule has 0 spiro atoms. The summed E-state index contributed by atoms with van der Waals surface area (Å²) in [5, 5.41) is 0. The van der Waals surface area contributed by atoms with Crippen LogP contribution in [0.15, 0.2) is 45.3 Å². The quantitative estimate of drug-likeness (QED) is 0.490. The van der Waals surface area contributed by atoms with Gasteiger partial charge in [-0.25, -0.2) is 0 Å². The van der Waals surface area contributed by atoms with Crippen LogP contribution in [0.1, 0.15) is 25.0 Å². The second-order valence-corrected chi connectivity index (χ2v) is 9.30. The summed E-state index contributed by atoms with van der Waals surface area (Å²) in [6.45, 7) is 4.48. The highest BCUT2D eigenvalue weighted by Crippen LogP contribution is 2.60. The normalized spacial score (nSPS) is 22.0. The van der Waals surface area contributed by atoms with Crippen LogP contribution in [0, 0.1) is 17.3 Å². The molecule has 1 aromatic carbocycles. The molecule has 2 nitrogen and oxygen atoms in total. The van der Waals surface area contributed by atoms with Gasteiger partial charge in [0.05, 0.1) is 9.31 Å². The van der Waals surface area contributed by atoms with Crippen molar-refractivity contribution in [1.29, 1.82) is 0 Å². The Hall–Kier alpha value is -0.580. The summed E-state index contributed by atoms with van der Waals surface area (Å²) in [5.74, 6) is -0.0131. The Labute approximate surface area is 159 Å². The molecule has 0 radical (unpaired) electrons. The molecule has 0 aliphatic heterocycles. The van der Waals surface area contributed by atoms with Gasteiger partial charge in [0.15, 0.2) is 0 Å². The summed E-state index contributed by atoms with van der Waals surface area (Å²) in [4.78, 5) is 12.3. The Bertz CT molecular complexity index is 616. The number of hydrogen-bond donors (Lipinski definition) is 0. The van der Waals surface area contributed by atoms with Crippen molar-refractivity contribution in [3.05, 3.63) is 56.5 Å². The van der Waals surface area contributed by atoms with E-state index in [0.717, 1.165) is 15.4 Å². The van der Waals surface area contributed by atoms with Gasteiger partial charge in [0, 0.05) is 5.54 Å². The van der Waals surface area contributed by atoms with Gasteiger partial charge < -0.3 is 4.74 Å². The van der Waals surface area contributed by atoms with Crippen LogP contribution < -0.4 is 0 Å². The second kappa shape index (κ2) is 8.00. The summed E-state index contributed by atoms with van der Waals surface area (Å²) >= 11 is 12.2. The average molecular weight is 463 g/mol. The van der Waals surface area contributed by atoms with E-state index < -0.39 is 0 Å². The summed E-state index contributed by atoms with van der Waals surface area (Å²) in [5.41, 5.74) is 3.63. The van der Waals surface area contributed by atoms with E-state index in [4.69, 9.17) is 16.3 Å². The zero-order chi connectivity index (χ0) is 17.0. The Morgan fingerprint density at radius 1 is 1.26 bits per heavy atom. The third kappa shape index (κ3) is 4.94. The van der Waals surface area contributed by atoms with Gasteiger partial charge in [-0.05, 0) is 60.7 Å². The van der Waals surface area contributed by atoms with E-state index in [-0.39, 0.29) is 23.2 Å². The van der Waals surface area contributed by atoms with Crippen molar-refractivity contribution >= 4 is 49.4 Å². The van der Waals surface area contributed by atoms with E-state index in [0.29, 0.717) is 6.61 Å². The minimum absolute atomic E-state index is 0.0539. The van der Waals surface area contributed by atoms with E-state index in [2.05, 4.69) is 45.7 Å². The molecule has 1 unspecified atom stereocenters. The molecule has 2 rings (SSSR count). The molecule has 0 heterocycles. The molecule has 0 aromatic heterocycles. The zero-order valence-corrected chi connectivity index (χ0v) is 17.0. The Morgan fingerprint density at radius 3 is 2.43 bits per heavy atom. The Morgan fingerprint density at radius 2 is 1.87 bits per heavy atom. The lowest BCUT2D eigenvalue weighted by atomic mass is 10.1. The molecule has 0 saturated heterocycles. The smallest absolute Gasteiger partial charge is 0.310 e. The van der Waals surface area contributed by atoms with Crippen LogP contribution in [0.2, 0.25) is 0 Å². The average Bonchev–Trinajstić information content (AvgIpc) is 3.03.